The lowest BCUT2D eigenvalue weighted by molar-refractivity contribution is -0.0256. The van der Waals surface area contributed by atoms with Crippen LogP contribution in [0.4, 0.5) is 0 Å². The summed E-state index contributed by atoms with van der Waals surface area (Å²) in [5.41, 5.74) is 0.608. The minimum absolute atomic E-state index is 0.412. The van der Waals surface area contributed by atoms with Gasteiger partial charge in [-0.2, -0.15) is 0 Å². The van der Waals surface area contributed by atoms with Gasteiger partial charge < -0.3 is 10.2 Å². The Balaban J connectivity index is 1.98. The molecule has 4 nitrogen and oxygen atoms in total. The summed E-state index contributed by atoms with van der Waals surface area (Å²) in [5, 5.41) is 19.2. The van der Waals surface area contributed by atoms with Crippen LogP contribution in [0.5, 0.6) is 0 Å². The predicted octanol–water partition coefficient (Wildman–Crippen LogP) is 2.49. The van der Waals surface area contributed by atoms with E-state index < -0.39 is 11.6 Å². The van der Waals surface area contributed by atoms with Gasteiger partial charge in [-0.3, -0.25) is 4.90 Å². The van der Waals surface area contributed by atoms with Crippen molar-refractivity contribution in [2.24, 2.45) is 0 Å². The fraction of sp³-hybridized carbons (Fsp3) is 0.643. The van der Waals surface area contributed by atoms with Crippen molar-refractivity contribution in [1.29, 1.82) is 0 Å². The predicted molar refractivity (Wildman–Crippen MR) is 75.8 cm³/mol. The molecule has 0 saturated carbocycles. The van der Waals surface area contributed by atoms with Crippen molar-refractivity contribution in [3.8, 4) is 0 Å². The Labute approximate surface area is 117 Å². The molecule has 0 amide bonds. The maximum Gasteiger partial charge on any atom is 0.345 e. The van der Waals surface area contributed by atoms with Crippen LogP contribution in [0.25, 0.3) is 0 Å². The number of carbonyl (C=O) groups is 1. The Kier molecular flexibility index (Phi) is 4.28. The third-order valence-corrected chi connectivity index (χ3v) is 5.15. The zero-order chi connectivity index (χ0) is 14.0. The summed E-state index contributed by atoms with van der Waals surface area (Å²) in [7, 11) is 0. The second kappa shape index (κ2) is 5.61. The molecule has 1 fully saturated rings. The van der Waals surface area contributed by atoms with Crippen molar-refractivity contribution in [3.63, 3.8) is 0 Å². The quantitative estimate of drug-likeness (QED) is 0.891. The Morgan fingerprint density at radius 2 is 2.11 bits per heavy atom. The van der Waals surface area contributed by atoms with Crippen molar-refractivity contribution in [3.05, 3.63) is 21.4 Å². The molecule has 1 aliphatic heterocycles. The summed E-state index contributed by atoms with van der Waals surface area (Å²) >= 11 is 1.34. The smallest absolute Gasteiger partial charge is 0.345 e. The van der Waals surface area contributed by atoms with Crippen LogP contribution in [0, 0.1) is 6.92 Å². The van der Waals surface area contributed by atoms with Crippen LogP contribution in [0.2, 0.25) is 0 Å². The van der Waals surface area contributed by atoms with Crippen LogP contribution >= 0.6 is 11.3 Å². The summed E-state index contributed by atoms with van der Waals surface area (Å²) < 4.78 is 0. The maximum absolute atomic E-state index is 10.9. The van der Waals surface area contributed by atoms with Crippen LogP contribution in [-0.4, -0.2) is 39.8 Å². The van der Waals surface area contributed by atoms with Crippen molar-refractivity contribution >= 4 is 17.3 Å². The third-order valence-electron chi connectivity index (χ3n) is 4.07. The topological polar surface area (TPSA) is 60.8 Å². The molecule has 1 saturated heterocycles. The van der Waals surface area contributed by atoms with Crippen LogP contribution < -0.4 is 0 Å². The van der Waals surface area contributed by atoms with E-state index in [4.69, 9.17) is 5.11 Å². The van der Waals surface area contributed by atoms with Crippen molar-refractivity contribution in [2.75, 3.05) is 13.1 Å². The van der Waals surface area contributed by atoms with Crippen LogP contribution in [0.3, 0.4) is 0 Å². The van der Waals surface area contributed by atoms with Gasteiger partial charge in [0, 0.05) is 24.5 Å². The average molecular weight is 283 g/mol. The van der Waals surface area contributed by atoms with Gasteiger partial charge in [0.1, 0.15) is 4.88 Å². The first-order valence-electron chi connectivity index (χ1n) is 6.71. The standard InChI is InChI=1S/C14H21NO3S/c1-3-14(18)4-6-15(7-5-14)9-11-8-12(13(16)17)19-10(11)2/h8,18H,3-7,9H2,1-2H3,(H,16,17). The molecule has 1 aromatic heterocycles. The molecule has 5 heteroatoms. The van der Waals surface area contributed by atoms with Crippen molar-refractivity contribution in [2.45, 2.75) is 45.3 Å². The summed E-state index contributed by atoms with van der Waals surface area (Å²) in [5.74, 6) is -0.849. The Morgan fingerprint density at radius 1 is 1.47 bits per heavy atom. The number of aromatic carboxylic acids is 1. The highest BCUT2D eigenvalue weighted by Crippen LogP contribution is 2.28. The van der Waals surface area contributed by atoms with Gasteiger partial charge in [-0.25, -0.2) is 4.79 Å². The third kappa shape index (κ3) is 3.35. The highest BCUT2D eigenvalue weighted by Gasteiger charge is 2.30. The zero-order valence-electron chi connectivity index (χ0n) is 11.5. The van der Waals surface area contributed by atoms with Crippen LogP contribution in [0.15, 0.2) is 6.07 Å². The molecule has 0 spiro atoms. The molecule has 0 atom stereocenters. The summed E-state index contributed by atoms with van der Waals surface area (Å²) in [6, 6.07) is 1.78. The number of hydrogen-bond acceptors (Lipinski definition) is 4. The fourth-order valence-electron chi connectivity index (χ4n) is 2.50. The number of nitrogens with zero attached hydrogens (tertiary/aromatic N) is 1. The molecule has 19 heavy (non-hydrogen) atoms. The highest BCUT2D eigenvalue weighted by molar-refractivity contribution is 7.14. The largest absolute Gasteiger partial charge is 0.477 e. The molecule has 2 N–H and O–H groups in total. The molecule has 0 aromatic carbocycles. The minimum Gasteiger partial charge on any atom is -0.477 e. The zero-order valence-corrected chi connectivity index (χ0v) is 12.3. The van der Waals surface area contributed by atoms with E-state index in [0.717, 1.165) is 49.3 Å². The fourth-order valence-corrected chi connectivity index (χ4v) is 3.38. The average Bonchev–Trinajstić information content (AvgIpc) is 2.74. The van der Waals surface area contributed by atoms with E-state index in [-0.39, 0.29) is 0 Å². The first-order chi connectivity index (χ1) is 8.93. The molecular weight excluding hydrogens is 262 g/mol. The number of aryl methyl sites for hydroxylation is 1. The molecule has 2 heterocycles. The number of rotatable bonds is 4. The van der Waals surface area contributed by atoms with Gasteiger partial charge in [0.05, 0.1) is 5.60 Å². The van der Waals surface area contributed by atoms with E-state index in [0.29, 0.717) is 4.88 Å². The normalized spacial score (nSPS) is 19.5. The molecular formula is C14H21NO3S. The lowest BCUT2D eigenvalue weighted by atomic mass is 9.89. The molecule has 2 rings (SSSR count). The van der Waals surface area contributed by atoms with Gasteiger partial charge in [-0.05, 0) is 37.8 Å². The Hall–Kier alpha value is -0.910. The van der Waals surface area contributed by atoms with Gasteiger partial charge >= 0.3 is 5.97 Å². The highest BCUT2D eigenvalue weighted by atomic mass is 32.1. The molecule has 1 aliphatic rings. The molecule has 0 unspecified atom stereocenters. The SMILES string of the molecule is CCC1(O)CCN(Cc2cc(C(=O)O)sc2C)CC1. The van der Waals surface area contributed by atoms with Gasteiger partial charge in [0.25, 0.3) is 0 Å². The maximum atomic E-state index is 10.9. The van der Waals surface area contributed by atoms with Crippen molar-refractivity contribution < 1.29 is 15.0 Å². The van der Waals surface area contributed by atoms with E-state index in [1.54, 1.807) is 6.07 Å². The van der Waals surface area contributed by atoms with E-state index >= 15 is 0 Å². The Bertz CT molecular complexity index is 461. The summed E-state index contributed by atoms with van der Waals surface area (Å²) in [6.45, 7) is 6.54. The van der Waals surface area contributed by atoms with E-state index in [2.05, 4.69) is 4.90 Å². The minimum atomic E-state index is -0.849. The molecule has 106 valence electrons. The Morgan fingerprint density at radius 3 is 2.58 bits per heavy atom. The number of piperidine rings is 1. The lowest BCUT2D eigenvalue weighted by Gasteiger charge is -2.37. The monoisotopic (exact) mass is 283 g/mol. The second-order valence-corrected chi connectivity index (χ2v) is 6.61. The van der Waals surface area contributed by atoms with E-state index in [9.17, 15) is 9.90 Å². The lowest BCUT2D eigenvalue weighted by Crippen LogP contribution is -2.43. The number of hydrogen-bond donors (Lipinski definition) is 2. The van der Waals surface area contributed by atoms with E-state index in [1.165, 1.54) is 11.3 Å². The number of carboxylic acid groups (broad SMARTS) is 1. The molecule has 1 aromatic rings. The van der Waals surface area contributed by atoms with Crippen molar-refractivity contribution in [1.82, 2.24) is 4.90 Å². The van der Waals surface area contributed by atoms with Crippen LogP contribution in [0.1, 0.15) is 46.3 Å². The van der Waals surface area contributed by atoms with Gasteiger partial charge in [0.2, 0.25) is 0 Å². The summed E-state index contributed by atoms with van der Waals surface area (Å²) in [6.07, 6.45) is 2.42. The first-order valence-corrected chi connectivity index (χ1v) is 7.52. The van der Waals surface area contributed by atoms with Gasteiger partial charge in [-0.1, -0.05) is 6.92 Å². The summed E-state index contributed by atoms with van der Waals surface area (Å²) in [4.78, 5) is 14.7. The second-order valence-electron chi connectivity index (χ2n) is 5.35. The molecule has 0 bridgehead atoms. The molecule has 0 aliphatic carbocycles. The van der Waals surface area contributed by atoms with Gasteiger partial charge in [-0.15, -0.1) is 11.3 Å². The van der Waals surface area contributed by atoms with Gasteiger partial charge in [0.15, 0.2) is 0 Å². The first kappa shape index (κ1) is 14.5. The van der Waals surface area contributed by atoms with Crippen LogP contribution in [-0.2, 0) is 6.54 Å². The van der Waals surface area contributed by atoms with E-state index in [1.807, 2.05) is 13.8 Å². The number of likely N-dealkylation sites (tertiary alicyclic amines) is 1. The molecule has 0 radical (unpaired) electrons. The number of carboxylic acids is 1. The number of thiophene rings is 1. The number of aliphatic hydroxyl groups is 1.